The summed E-state index contributed by atoms with van der Waals surface area (Å²) < 4.78 is 5.01. The Morgan fingerprint density at radius 1 is 0.842 bits per heavy atom. The highest BCUT2D eigenvalue weighted by atomic mass is 33.1. The summed E-state index contributed by atoms with van der Waals surface area (Å²) in [6.45, 7) is 5.37. The molecule has 0 spiro atoms. The second kappa shape index (κ2) is 20.2. The lowest BCUT2D eigenvalue weighted by atomic mass is 10.0. The fourth-order valence-electron chi connectivity index (χ4n) is 2.86. The molecule has 11 heteroatoms. The molecule has 0 fully saturated rings. The third-order valence-corrected chi connectivity index (χ3v) is 7.52. The Morgan fingerprint density at radius 3 is 1.92 bits per heavy atom. The third kappa shape index (κ3) is 18.5. The molecule has 0 aliphatic heterocycles. The number of Topliss-reactive ketones (excluding diaryl/α,β-unsaturated/α-hetero) is 5. The molecule has 0 aliphatic carbocycles. The maximum Gasteiger partial charge on any atom is 0.328 e. The number of ether oxygens (including phenoxy) is 1. The van der Waals surface area contributed by atoms with Gasteiger partial charge in [-0.3, -0.25) is 33.6 Å². The quantitative estimate of drug-likeness (QED) is 0.158. The normalized spacial score (nSPS) is 10.9. The van der Waals surface area contributed by atoms with Gasteiger partial charge in [-0.1, -0.05) is 52.8 Å². The smallest absolute Gasteiger partial charge is 0.328 e. The van der Waals surface area contributed by atoms with Gasteiger partial charge in [-0.05, 0) is 37.8 Å². The topological polar surface area (TPSA) is 155 Å². The van der Waals surface area contributed by atoms with Gasteiger partial charge >= 0.3 is 5.97 Å². The lowest BCUT2D eigenvalue weighted by Gasteiger charge is -2.12. The highest BCUT2D eigenvalue weighted by Crippen LogP contribution is 2.28. The molecule has 0 heterocycles. The molecule has 2 N–H and O–H groups in total. The second-order valence-corrected chi connectivity index (χ2v) is 11.1. The van der Waals surface area contributed by atoms with Crippen molar-refractivity contribution in [2.24, 2.45) is 5.73 Å². The van der Waals surface area contributed by atoms with Crippen molar-refractivity contribution in [2.45, 2.75) is 77.9 Å². The van der Waals surface area contributed by atoms with Gasteiger partial charge in [0.2, 0.25) is 5.91 Å². The molecule has 38 heavy (non-hydrogen) atoms. The first-order chi connectivity index (χ1) is 17.8. The van der Waals surface area contributed by atoms with Crippen molar-refractivity contribution in [1.29, 1.82) is 0 Å². The molecule has 1 rings (SSSR count). The maximum absolute atomic E-state index is 12.2. The van der Waals surface area contributed by atoms with E-state index in [1.165, 1.54) is 20.8 Å². The number of aryl methyl sites for hydroxylation is 1. The monoisotopic (exact) mass is 567 g/mol. The Bertz CT molecular complexity index is 972. The molecular weight excluding hydrogens is 530 g/mol. The van der Waals surface area contributed by atoms with Crippen LogP contribution in [0.3, 0.4) is 0 Å². The molecule has 9 nitrogen and oxygen atoms in total. The fraction of sp³-hybridized carbons (Fsp3) is 0.519. The molecule has 1 unspecified atom stereocenters. The molecule has 0 bridgehead atoms. The molecule has 0 saturated carbocycles. The summed E-state index contributed by atoms with van der Waals surface area (Å²) in [6.07, 6.45) is 3.05. The van der Waals surface area contributed by atoms with E-state index in [1.54, 1.807) is 12.1 Å². The Balaban J connectivity index is 0.00000318. The van der Waals surface area contributed by atoms with Crippen molar-refractivity contribution in [3.8, 4) is 0 Å². The molecule has 1 atom stereocenters. The van der Waals surface area contributed by atoms with Gasteiger partial charge in [-0.2, -0.15) is 0 Å². The Hall–Kier alpha value is -2.79. The first-order valence-corrected chi connectivity index (χ1v) is 14.6. The zero-order valence-electron chi connectivity index (χ0n) is 22.4. The zero-order valence-corrected chi connectivity index (χ0v) is 24.0. The van der Waals surface area contributed by atoms with E-state index < -0.39 is 23.6 Å². The lowest BCUT2D eigenvalue weighted by molar-refractivity contribution is -0.148. The first kappa shape index (κ1) is 35.2. The predicted molar refractivity (Wildman–Crippen MR) is 149 cm³/mol. The minimum Gasteiger partial charge on any atom is -0.456 e. The summed E-state index contributed by atoms with van der Waals surface area (Å²) in [4.78, 5) is 79.5. The predicted octanol–water partition coefficient (Wildman–Crippen LogP) is 3.41. The number of ketones is 5. The van der Waals surface area contributed by atoms with Crippen LogP contribution in [0, 0.1) is 0 Å². The molecule has 1 aromatic carbocycles. The van der Waals surface area contributed by atoms with Gasteiger partial charge < -0.3 is 10.5 Å². The third-order valence-electron chi connectivity index (χ3n) is 4.81. The van der Waals surface area contributed by atoms with Crippen molar-refractivity contribution in [3.63, 3.8) is 0 Å². The van der Waals surface area contributed by atoms with Crippen LogP contribution in [0.25, 0.3) is 0 Å². The molecular formula is C27H37NO8S2. The average molecular weight is 568 g/mol. The molecule has 1 aromatic rings. The number of primary amides is 1. The average Bonchev–Trinajstić information content (AvgIpc) is 2.84. The summed E-state index contributed by atoms with van der Waals surface area (Å²) >= 11 is 0. The van der Waals surface area contributed by atoms with Crippen molar-refractivity contribution in [3.05, 3.63) is 35.4 Å². The largest absolute Gasteiger partial charge is 0.456 e. The van der Waals surface area contributed by atoms with E-state index in [-0.39, 0.29) is 41.2 Å². The summed E-state index contributed by atoms with van der Waals surface area (Å²) in [6, 6.07) is 7.31. The molecule has 0 aromatic heterocycles. The van der Waals surface area contributed by atoms with E-state index >= 15 is 0 Å². The van der Waals surface area contributed by atoms with E-state index in [9.17, 15) is 33.6 Å². The van der Waals surface area contributed by atoms with Crippen LogP contribution < -0.4 is 5.73 Å². The molecule has 1 amide bonds. The SMILES string of the molecule is CC(N)=O.CCC(=O)CCCC(=O)CCc1ccc(CC(=O)COC(=O)C(SSCC(C)=O)C(C)=O)cc1. The van der Waals surface area contributed by atoms with Crippen molar-refractivity contribution in [1.82, 2.24) is 0 Å². The van der Waals surface area contributed by atoms with Crippen LogP contribution in [-0.2, 0) is 51.1 Å². The van der Waals surface area contributed by atoms with Crippen LogP contribution in [0.15, 0.2) is 24.3 Å². The number of hydrogen-bond acceptors (Lipinski definition) is 10. The number of benzene rings is 1. The van der Waals surface area contributed by atoms with E-state index in [2.05, 4.69) is 5.73 Å². The van der Waals surface area contributed by atoms with Gasteiger partial charge in [0.15, 0.2) is 16.8 Å². The van der Waals surface area contributed by atoms with Crippen LogP contribution in [0.5, 0.6) is 0 Å². The van der Waals surface area contributed by atoms with Crippen molar-refractivity contribution in [2.75, 3.05) is 12.4 Å². The number of amides is 1. The van der Waals surface area contributed by atoms with Crippen LogP contribution in [0.1, 0.15) is 70.9 Å². The van der Waals surface area contributed by atoms with Crippen LogP contribution in [-0.4, -0.2) is 58.4 Å². The van der Waals surface area contributed by atoms with Gasteiger partial charge in [0, 0.05) is 39.0 Å². The van der Waals surface area contributed by atoms with Crippen LogP contribution in [0.4, 0.5) is 0 Å². The standard InChI is InChI=1S/C25H32O7S2.C2H5NO/c1-4-21(28)6-5-7-22(29)13-12-19-8-10-20(11-9-19)14-23(30)15-32-25(31)24(18(3)27)34-33-16-17(2)26;1-2(3)4/h8-11,24H,4-7,12-16H2,1-3H3;1H3,(H2,3,4). The molecule has 0 aliphatic rings. The van der Waals surface area contributed by atoms with Gasteiger partial charge in [-0.25, -0.2) is 0 Å². The Labute approximate surface area is 231 Å². The van der Waals surface area contributed by atoms with E-state index in [4.69, 9.17) is 4.74 Å². The van der Waals surface area contributed by atoms with Crippen LogP contribution in [0.2, 0.25) is 0 Å². The van der Waals surface area contributed by atoms with Crippen LogP contribution >= 0.6 is 21.6 Å². The summed E-state index contributed by atoms with van der Waals surface area (Å²) in [5, 5.41) is -1.08. The highest BCUT2D eigenvalue weighted by Gasteiger charge is 2.26. The second-order valence-electron chi connectivity index (χ2n) is 8.59. The van der Waals surface area contributed by atoms with Gasteiger partial charge in [0.1, 0.15) is 24.0 Å². The minimum absolute atomic E-state index is 0.0685. The first-order valence-electron chi connectivity index (χ1n) is 12.2. The van der Waals surface area contributed by atoms with E-state index in [1.807, 2.05) is 19.1 Å². The number of carbonyl (C=O) groups excluding carboxylic acids is 7. The highest BCUT2D eigenvalue weighted by molar-refractivity contribution is 8.77. The Kier molecular flexibility index (Phi) is 18.7. The van der Waals surface area contributed by atoms with Gasteiger partial charge in [0.05, 0.1) is 5.75 Å². The number of nitrogens with two attached hydrogens (primary N) is 1. The van der Waals surface area contributed by atoms with Crippen molar-refractivity contribution >= 4 is 62.4 Å². The number of esters is 1. The summed E-state index contributed by atoms with van der Waals surface area (Å²) in [5.74, 6) is -1.42. The summed E-state index contributed by atoms with van der Waals surface area (Å²) in [7, 11) is 2.06. The fourth-order valence-corrected chi connectivity index (χ4v) is 5.26. The molecule has 210 valence electrons. The maximum atomic E-state index is 12.2. The zero-order chi connectivity index (χ0) is 29.1. The van der Waals surface area contributed by atoms with Crippen molar-refractivity contribution < 1.29 is 38.3 Å². The Morgan fingerprint density at radius 2 is 1.39 bits per heavy atom. The molecule has 0 saturated heterocycles. The summed E-state index contributed by atoms with van der Waals surface area (Å²) in [5.41, 5.74) is 6.20. The molecule has 0 radical (unpaired) electrons. The van der Waals surface area contributed by atoms with Gasteiger partial charge in [0.25, 0.3) is 0 Å². The van der Waals surface area contributed by atoms with Gasteiger partial charge in [-0.15, -0.1) is 0 Å². The number of carbonyl (C=O) groups is 7. The number of rotatable bonds is 18. The van der Waals surface area contributed by atoms with E-state index in [0.29, 0.717) is 38.5 Å². The number of hydrogen-bond donors (Lipinski definition) is 1. The minimum atomic E-state index is -1.08. The lowest BCUT2D eigenvalue weighted by Crippen LogP contribution is -2.28. The van der Waals surface area contributed by atoms with E-state index in [0.717, 1.165) is 32.7 Å².